The molecule has 1 aromatic heterocycles. The second kappa shape index (κ2) is 7.53. The Morgan fingerprint density at radius 2 is 1.92 bits per heavy atom. The summed E-state index contributed by atoms with van der Waals surface area (Å²) < 4.78 is 0. The molecule has 3 N–H and O–H groups in total. The Bertz CT molecular complexity index is 882. The van der Waals surface area contributed by atoms with Crippen LogP contribution in [-0.2, 0) is 17.8 Å². The summed E-state index contributed by atoms with van der Waals surface area (Å²) in [6.07, 6.45) is 2.64. The first-order chi connectivity index (χ1) is 12.1. The van der Waals surface area contributed by atoms with Crippen molar-refractivity contribution in [2.24, 2.45) is 0 Å². The number of carbonyl (C=O) groups excluding carboxylic acids is 1. The highest BCUT2D eigenvalue weighted by atomic mass is 16.2. The minimum absolute atomic E-state index is 0.0195. The Labute approximate surface area is 148 Å². The van der Waals surface area contributed by atoms with Crippen LogP contribution in [0.3, 0.4) is 0 Å². The van der Waals surface area contributed by atoms with Gasteiger partial charge < -0.3 is 15.6 Å². The maximum Gasteiger partial charge on any atom is 0.237 e. The van der Waals surface area contributed by atoms with Gasteiger partial charge in [0.05, 0.1) is 6.04 Å². The molecule has 1 amide bonds. The van der Waals surface area contributed by atoms with Crippen LogP contribution in [0.25, 0.3) is 10.9 Å². The fourth-order valence-electron chi connectivity index (χ4n) is 3.07. The molecule has 3 aromatic rings. The number of H-pyrrole nitrogens is 1. The van der Waals surface area contributed by atoms with Gasteiger partial charge in [0, 0.05) is 23.6 Å². The monoisotopic (exact) mass is 335 g/mol. The second-order valence-electron chi connectivity index (χ2n) is 6.54. The van der Waals surface area contributed by atoms with Gasteiger partial charge in [-0.2, -0.15) is 0 Å². The zero-order chi connectivity index (χ0) is 17.8. The summed E-state index contributed by atoms with van der Waals surface area (Å²) in [5.41, 5.74) is 5.88. The zero-order valence-electron chi connectivity index (χ0n) is 15.0. The van der Waals surface area contributed by atoms with Gasteiger partial charge in [-0.05, 0) is 55.6 Å². The van der Waals surface area contributed by atoms with Crippen LogP contribution in [0.2, 0.25) is 0 Å². The van der Waals surface area contributed by atoms with E-state index in [0.29, 0.717) is 13.0 Å². The highest BCUT2D eigenvalue weighted by Crippen LogP contribution is 2.19. The molecule has 0 radical (unpaired) electrons. The standard InChI is InChI=1S/C21H25N3O/c1-14-8-9-16(10-15(14)2)12-24-21(25)20(22-3)11-17-13-23-19-7-5-4-6-18(17)19/h4-10,13,20,22-23H,11-12H2,1-3H3,(H,24,25)/t20-/m1/s1. The summed E-state index contributed by atoms with van der Waals surface area (Å²) in [7, 11) is 1.83. The molecule has 0 spiro atoms. The number of aromatic nitrogens is 1. The van der Waals surface area contributed by atoms with Crippen LogP contribution < -0.4 is 10.6 Å². The third-order valence-corrected chi connectivity index (χ3v) is 4.80. The average Bonchev–Trinajstić information content (AvgIpc) is 3.03. The molecule has 0 aliphatic carbocycles. The molecular weight excluding hydrogens is 310 g/mol. The van der Waals surface area contributed by atoms with Crippen LogP contribution >= 0.6 is 0 Å². The number of rotatable bonds is 6. The zero-order valence-corrected chi connectivity index (χ0v) is 15.0. The quantitative estimate of drug-likeness (QED) is 0.648. The van der Waals surface area contributed by atoms with Crippen molar-refractivity contribution in [3.05, 3.63) is 70.9 Å². The van der Waals surface area contributed by atoms with Gasteiger partial charge in [-0.25, -0.2) is 0 Å². The molecule has 0 bridgehead atoms. The topological polar surface area (TPSA) is 56.9 Å². The van der Waals surface area contributed by atoms with E-state index in [0.717, 1.165) is 16.6 Å². The molecule has 1 heterocycles. The largest absolute Gasteiger partial charge is 0.361 e. The molecular formula is C21H25N3O. The van der Waals surface area contributed by atoms with Gasteiger partial charge in [0.15, 0.2) is 0 Å². The lowest BCUT2D eigenvalue weighted by atomic mass is 10.0. The van der Waals surface area contributed by atoms with E-state index in [-0.39, 0.29) is 11.9 Å². The van der Waals surface area contributed by atoms with E-state index in [9.17, 15) is 4.79 Å². The molecule has 25 heavy (non-hydrogen) atoms. The smallest absolute Gasteiger partial charge is 0.237 e. The molecule has 3 rings (SSSR count). The average molecular weight is 335 g/mol. The van der Waals surface area contributed by atoms with Crippen molar-refractivity contribution in [3.8, 4) is 0 Å². The first kappa shape index (κ1) is 17.2. The van der Waals surface area contributed by atoms with Crippen LogP contribution in [-0.4, -0.2) is 24.0 Å². The Morgan fingerprint density at radius 1 is 1.12 bits per heavy atom. The van der Waals surface area contributed by atoms with Crippen LogP contribution in [0.15, 0.2) is 48.7 Å². The lowest BCUT2D eigenvalue weighted by molar-refractivity contribution is -0.123. The van der Waals surface area contributed by atoms with Gasteiger partial charge in [0.2, 0.25) is 5.91 Å². The fraction of sp³-hybridized carbons (Fsp3) is 0.286. The Balaban J connectivity index is 1.65. The van der Waals surface area contributed by atoms with E-state index in [1.54, 1.807) is 0 Å². The predicted octanol–water partition coefficient (Wildman–Crippen LogP) is 3.23. The van der Waals surface area contributed by atoms with Crippen molar-refractivity contribution in [3.63, 3.8) is 0 Å². The van der Waals surface area contributed by atoms with Crippen molar-refractivity contribution >= 4 is 16.8 Å². The Kier molecular flexibility index (Phi) is 5.19. The summed E-state index contributed by atoms with van der Waals surface area (Å²) in [6.45, 7) is 4.73. The molecule has 0 aliphatic heterocycles. The summed E-state index contributed by atoms with van der Waals surface area (Å²) in [4.78, 5) is 15.8. The van der Waals surface area contributed by atoms with E-state index >= 15 is 0 Å². The number of hydrogen-bond acceptors (Lipinski definition) is 2. The lowest BCUT2D eigenvalue weighted by Gasteiger charge is -2.16. The first-order valence-corrected chi connectivity index (χ1v) is 8.64. The van der Waals surface area contributed by atoms with Gasteiger partial charge in [-0.15, -0.1) is 0 Å². The van der Waals surface area contributed by atoms with Crippen LogP contribution in [0, 0.1) is 13.8 Å². The third kappa shape index (κ3) is 3.91. The molecule has 0 aliphatic rings. The maximum atomic E-state index is 12.6. The number of nitrogens with one attached hydrogen (secondary N) is 3. The highest BCUT2D eigenvalue weighted by molar-refractivity contribution is 5.86. The van der Waals surface area contributed by atoms with Gasteiger partial charge in [0.1, 0.15) is 0 Å². The van der Waals surface area contributed by atoms with Crippen molar-refractivity contribution < 1.29 is 4.79 Å². The minimum atomic E-state index is -0.259. The Morgan fingerprint density at radius 3 is 2.68 bits per heavy atom. The number of aromatic amines is 1. The normalized spacial score (nSPS) is 12.3. The molecule has 0 fully saturated rings. The number of amides is 1. The number of benzene rings is 2. The predicted molar refractivity (Wildman–Crippen MR) is 103 cm³/mol. The molecule has 1 atom stereocenters. The number of carbonyl (C=O) groups is 1. The van der Waals surface area contributed by atoms with E-state index < -0.39 is 0 Å². The van der Waals surface area contributed by atoms with Gasteiger partial charge >= 0.3 is 0 Å². The third-order valence-electron chi connectivity index (χ3n) is 4.80. The van der Waals surface area contributed by atoms with Crippen molar-refractivity contribution in [2.45, 2.75) is 32.9 Å². The van der Waals surface area contributed by atoms with E-state index in [4.69, 9.17) is 0 Å². The number of aryl methyl sites for hydroxylation is 2. The summed E-state index contributed by atoms with van der Waals surface area (Å²) in [5.74, 6) is 0.0195. The molecule has 4 heteroatoms. The van der Waals surface area contributed by atoms with E-state index in [1.807, 2.05) is 31.4 Å². The van der Waals surface area contributed by atoms with Crippen LogP contribution in [0.4, 0.5) is 0 Å². The van der Waals surface area contributed by atoms with E-state index in [1.165, 1.54) is 16.5 Å². The van der Waals surface area contributed by atoms with E-state index in [2.05, 4.69) is 53.7 Å². The van der Waals surface area contributed by atoms with Gasteiger partial charge in [0.25, 0.3) is 0 Å². The second-order valence-corrected chi connectivity index (χ2v) is 6.54. The van der Waals surface area contributed by atoms with Crippen LogP contribution in [0.1, 0.15) is 22.3 Å². The van der Waals surface area contributed by atoms with Gasteiger partial charge in [-0.1, -0.05) is 36.4 Å². The number of para-hydroxylation sites is 1. The summed E-state index contributed by atoms with van der Waals surface area (Å²) in [6, 6.07) is 14.2. The maximum absolute atomic E-state index is 12.6. The number of fused-ring (bicyclic) bond motifs is 1. The van der Waals surface area contributed by atoms with Crippen molar-refractivity contribution in [2.75, 3.05) is 7.05 Å². The van der Waals surface area contributed by atoms with Gasteiger partial charge in [-0.3, -0.25) is 4.79 Å². The molecule has 4 nitrogen and oxygen atoms in total. The molecule has 130 valence electrons. The summed E-state index contributed by atoms with van der Waals surface area (Å²) >= 11 is 0. The first-order valence-electron chi connectivity index (χ1n) is 8.64. The highest BCUT2D eigenvalue weighted by Gasteiger charge is 2.18. The number of likely N-dealkylation sites (N-methyl/N-ethyl adjacent to an activating group) is 1. The number of hydrogen-bond donors (Lipinski definition) is 3. The molecule has 0 saturated heterocycles. The lowest BCUT2D eigenvalue weighted by Crippen LogP contribution is -2.43. The molecule has 0 saturated carbocycles. The Hall–Kier alpha value is -2.59. The van der Waals surface area contributed by atoms with Crippen LogP contribution in [0.5, 0.6) is 0 Å². The van der Waals surface area contributed by atoms with Crippen molar-refractivity contribution in [1.29, 1.82) is 0 Å². The minimum Gasteiger partial charge on any atom is -0.361 e. The summed E-state index contributed by atoms with van der Waals surface area (Å²) in [5, 5.41) is 7.35. The van der Waals surface area contributed by atoms with Crippen molar-refractivity contribution in [1.82, 2.24) is 15.6 Å². The fourth-order valence-corrected chi connectivity index (χ4v) is 3.07. The molecule has 2 aromatic carbocycles. The molecule has 0 unspecified atom stereocenters. The SMILES string of the molecule is CN[C@H](Cc1c[nH]c2ccccc12)C(=O)NCc1ccc(C)c(C)c1.